The molecule has 9 nitrogen and oxygen atoms in total. The molecule has 0 aliphatic carbocycles. The van der Waals surface area contributed by atoms with E-state index in [4.69, 9.17) is 9.47 Å². The number of carbonyl (C=O) groups excluding carboxylic acids is 3. The Morgan fingerprint density at radius 2 is 2.15 bits per heavy atom. The summed E-state index contributed by atoms with van der Waals surface area (Å²) in [5, 5.41) is 4.41. The third-order valence-corrected chi connectivity index (χ3v) is 6.99. The van der Waals surface area contributed by atoms with Crippen molar-refractivity contribution in [2.24, 2.45) is 5.92 Å². The van der Waals surface area contributed by atoms with Crippen LogP contribution in [0.4, 0.5) is 0 Å². The van der Waals surface area contributed by atoms with E-state index in [-0.39, 0.29) is 25.6 Å². The number of H-pyrrole nitrogens is 1. The third-order valence-electron chi connectivity index (χ3n) is 5.17. The van der Waals surface area contributed by atoms with E-state index in [0.29, 0.717) is 33.7 Å². The first-order chi connectivity index (χ1) is 16.0. The fraction of sp³-hybridized carbons (Fsp3) is 0.318. The monoisotopic (exact) mass is 487 g/mol. The summed E-state index contributed by atoms with van der Waals surface area (Å²) in [4.78, 5) is 55.9. The number of hydrogen-bond acceptors (Lipinski definition) is 9. The van der Waals surface area contributed by atoms with Crippen molar-refractivity contribution in [1.29, 1.82) is 0 Å². The Labute approximate surface area is 196 Å². The molecule has 1 amide bonds. The van der Waals surface area contributed by atoms with Gasteiger partial charge >= 0.3 is 0 Å². The van der Waals surface area contributed by atoms with Crippen molar-refractivity contribution in [2.75, 3.05) is 19.5 Å². The van der Waals surface area contributed by atoms with Crippen LogP contribution in [0.3, 0.4) is 0 Å². The van der Waals surface area contributed by atoms with E-state index < -0.39 is 28.3 Å². The van der Waals surface area contributed by atoms with Crippen LogP contribution in [0.25, 0.3) is 10.2 Å². The van der Waals surface area contributed by atoms with Gasteiger partial charge in [-0.1, -0.05) is 23.9 Å². The Morgan fingerprint density at radius 1 is 1.30 bits per heavy atom. The molecule has 1 aliphatic heterocycles. The van der Waals surface area contributed by atoms with Crippen LogP contribution in [0.2, 0.25) is 0 Å². The van der Waals surface area contributed by atoms with E-state index in [1.807, 2.05) is 18.2 Å². The third kappa shape index (κ3) is 5.32. The highest BCUT2D eigenvalue weighted by molar-refractivity contribution is 8.15. The van der Waals surface area contributed by atoms with Crippen LogP contribution in [0.15, 0.2) is 34.4 Å². The van der Waals surface area contributed by atoms with Crippen LogP contribution >= 0.6 is 23.1 Å². The van der Waals surface area contributed by atoms with Crippen molar-refractivity contribution in [1.82, 2.24) is 15.3 Å². The number of ether oxygens (including phenoxy) is 2. The normalized spacial score (nSPS) is 16.2. The number of carbonyl (C=O) groups is 3. The molecule has 4 rings (SSSR count). The van der Waals surface area contributed by atoms with E-state index in [1.165, 1.54) is 11.3 Å². The van der Waals surface area contributed by atoms with E-state index in [2.05, 4.69) is 15.3 Å². The van der Waals surface area contributed by atoms with Gasteiger partial charge in [0.2, 0.25) is 11.6 Å². The fourth-order valence-electron chi connectivity index (χ4n) is 3.40. The maximum atomic E-state index is 12.7. The average Bonchev–Trinajstić information content (AvgIpc) is 3.24. The first-order valence-electron chi connectivity index (χ1n) is 10.2. The SMILES string of the molecule is COc1cccc(CNC(=O)c2nc3scc(COCC4CCSC(=O)C4=O)c3c(=O)[nH]2)c1. The van der Waals surface area contributed by atoms with Crippen molar-refractivity contribution in [3.8, 4) is 5.75 Å². The summed E-state index contributed by atoms with van der Waals surface area (Å²) in [6.07, 6.45) is 0.593. The van der Waals surface area contributed by atoms with Crippen molar-refractivity contribution in [2.45, 2.75) is 19.6 Å². The van der Waals surface area contributed by atoms with Crippen LogP contribution in [0.5, 0.6) is 5.75 Å². The molecule has 0 bridgehead atoms. The zero-order valence-electron chi connectivity index (χ0n) is 17.7. The quantitative estimate of drug-likeness (QED) is 0.463. The molecule has 1 unspecified atom stereocenters. The molecule has 1 fully saturated rings. The molecule has 3 aromatic rings. The van der Waals surface area contributed by atoms with Gasteiger partial charge < -0.3 is 19.8 Å². The van der Waals surface area contributed by atoms with Gasteiger partial charge in [-0.15, -0.1) is 11.3 Å². The van der Waals surface area contributed by atoms with Crippen LogP contribution in [-0.4, -0.2) is 46.2 Å². The van der Waals surface area contributed by atoms with Crippen molar-refractivity contribution in [3.63, 3.8) is 0 Å². The molecule has 1 saturated heterocycles. The second kappa shape index (κ2) is 10.3. The van der Waals surface area contributed by atoms with E-state index in [1.54, 1.807) is 18.6 Å². The van der Waals surface area contributed by atoms with Crippen LogP contribution < -0.4 is 15.6 Å². The highest BCUT2D eigenvalue weighted by Gasteiger charge is 2.30. The minimum Gasteiger partial charge on any atom is -0.497 e. The maximum Gasteiger partial charge on any atom is 0.287 e. The van der Waals surface area contributed by atoms with Crippen LogP contribution in [0.1, 0.15) is 28.2 Å². The number of Topliss-reactive ketones (excluding diaryl/α,β-unsaturated/α-hetero) is 1. The topological polar surface area (TPSA) is 127 Å². The summed E-state index contributed by atoms with van der Waals surface area (Å²) in [6, 6.07) is 7.29. The van der Waals surface area contributed by atoms with Crippen molar-refractivity contribution < 1.29 is 23.9 Å². The fourth-order valence-corrected chi connectivity index (χ4v) is 5.22. The highest BCUT2D eigenvalue weighted by Crippen LogP contribution is 2.24. The summed E-state index contributed by atoms with van der Waals surface area (Å²) in [5.41, 5.74) is 1.03. The smallest absolute Gasteiger partial charge is 0.287 e. The lowest BCUT2D eigenvalue weighted by atomic mass is 10.0. The molecule has 172 valence electrons. The average molecular weight is 488 g/mol. The van der Waals surface area contributed by atoms with Gasteiger partial charge in [-0.05, 0) is 29.5 Å². The van der Waals surface area contributed by atoms with Gasteiger partial charge in [-0.25, -0.2) is 4.98 Å². The lowest BCUT2D eigenvalue weighted by molar-refractivity contribution is -0.136. The lowest BCUT2D eigenvalue weighted by Gasteiger charge is -2.18. The Hall–Kier alpha value is -3.02. The number of thioether (sulfide) groups is 1. The van der Waals surface area contributed by atoms with Gasteiger partial charge in [0.1, 0.15) is 10.6 Å². The molecule has 2 aromatic heterocycles. The van der Waals surface area contributed by atoms with Crippen LogP contribution in [-0.2, 0) is 27.5 Å². The Bertz CT molecular complexity index is 1270. The minimum atomic E-state index is -0.499. The first-order valence-corrected chi connectivity index (χ1v) is 12.0. The number of thiophene rings is 1. The molecular weight excluding hydrogens is 466 g/mol. The zero-order chi connectivity index (χ0) is 23.4. The summed E-state index contributed by atoms with van der Waals surface area (Å²) in [7, 11) is 1.57. The van der Waals surface area contributed by atoms with Gasteiger partial charge in [0.05, 0.1) is 31.6 Å². The molecule has 1 aliphatic rings. The number of nitrogens with zero attached hydrogens (tertiary/aromatic N) is 1. The molecule has 0 radical (unpaired) electrons. The standard InChI is InChI=1S/C22H21N3O6S2/c1-30-15-4-2-3-12(7-15)8-23-20(28)18-24-19(27)16-14(11-33-21(16)25-18)10-31-9-13-5-6-32-22(29)17(13)26/h2-4,7,11,13H,5-6,8-10H2,1H3,(H,23,28)(H,24,25,27). The number of aromatic amines is 1. The molecule has 0 spiro atoms. The number of hydrogen-bond donors (Lipinski definition) is 2. The largest absolute Gasteiger partial charge is 0.497 e. The number of rotatable bonds is 8. The predicted molar refractivity (Wildman–Crippen MR) is 125 cm³/mol. The number of amides is 1. The molecule has 1 atom stereocenters. The number of nitrogens with one attached hydrogen (secondary N) is 2. The van der Waals surface area contributed by atoms with Crippen molar-refractivity contribution >= 4 is 50.1 Å². The second-order valence-corrected chi connectivity index (χ2v) is 9.32. The zero-order valence-corrected chi connectivity index (χ0v) is 19.3. The molecule has 3 heterocycles. The molecule has 1 aromatic carbocycles. The van der Waals surface area contributed by atoms with Gasteiger partial charge in [0.25, 0.3) is 16.6 Å². The number of methoxy groups -OCH3 is 1. The summed E-state index contributed by atoms with van der Waals surface area (Å²) >= 11 is 2.27. The maximum absolute atomic E-state index is 12.7. The molecule has 33 heavy (non-hydrogen) atoms. The predicted octanol–water partition coefficient (Wildman–Crippen LogP) is 2.29. The number of ketones is 1. The summed E-state index contributed by atoms with van der Waals surface area (Å²) in [6.45, 7) is 0.484. The lowest BCUT2D eigenvalue weighted by Crippen LogP contribution is -2.30. The van der Waals surface area contributed by atoms with Gasteiger partial charge in [0, 0.05) is 17.9 Å². The highest BCUT2D eigenvalue weighted by atomic mass is 32.2. The molecule has 11 heteroatoms. The van der Waals surface area contributed by atoms with Gasteiger partial charge in [-0.3, -0.25) is 19.2 Å². The van der Waals surface area contributed by atoms with Crippen molar-refractivity contribution in [3.05, 3.63) is 57.0 Å². The Morgan fingerprint density at radius 3 is 2.97 bits per heavy atom. The molecule has 2 N–H and O–H groups in total. The number of fused-ring (bicyclic) bond motifs is 1. The molecule has 0 saturated carbocycles. The summed E-state index contributed by atoms with van der Waals surface area (Å²) in [5.74, 6) is -0.145. The second-order valence-electron chi connectivity index (χ2n) is 7.39. The first kappa shape index (κ1) is 23.1. The van der Waals surface area contributed by atoms with E-state index in [0.717, 1.165) is 17.3 Å². The summed E-state index contributed by atoms with van der Waals surface area (Å²) < 4.78 is 10.8. The van der Waals surface area contributed by atoms with Gasteiger partial charge in [0.15, 0.2) is 0 Å². The number of aromatic nitrogens is 2. The molecular formula is C22H21N3O6S2. The number of benzene rings is 1. The van der Waals surface area contributed by atoms with E-state index >= 15 is 0 Å². The Balaban J connectivity index is 1.40. The Kier molecular flexibility index (Phi) is 7.21. The van der Waals surface area contributed by atoms with E-state index in [9.17, 15) is 19.2 Å². The minimum absolute atomic E-state index is 0.0754. The van der Waals surface area contributed by atoms with Crippen LogP contribution in [0, 0.1) is 5.92 Å². The van der Waals surface area contributed by atoms with Gasteiger partial charge in [-0.2, -0.15) is 0 Å².